The van der Waals surface area contributed by atoms with Gasteiger partial charge in [0.1, 0.15) is 0 Å². The van der Waals surface area contributed by atoms with E-state index in [1.807, 2.05) is 72.6 Å². The minimum Gasteiger partial charge on any atom is -0.396 e. The Labute approximate surface area is 148 Å². The van der Waals surface area contributed by atoms with Gasteiger partial charge in [-0.2, -0.15) is 0 Å². The monoisotopic (exact) mass is 336 g/mol. The zero-order valence-electron chi connectivity index (χ0n) is 14.5. The first kappa shape index (κ1) is 17.2. The standard InChI is InChI=1S/C21H24N2O2/c1-16(11-12-24)23(15-17-7-3-2-4-8-17)21(25)13-18-14-22-20-10-6-5-9-19(18)20/h2-10,14,16,22,24H,11-13,15H2,1H3. The number of carbonyl (C=O) groups is 1. The third-order valence-electron chi connectivity index (χ3n) is 4.61. The highest BCUT2D eigenvalue weighted by molar-refractivity contribution is 5.89. The van der Waals surface area contributed by atoms with Crippen LogP contribution in [0.5, 0.6) is 0 Å². The van der Waals surface area contributed by atoms with Gasteiger partial charge in [0.25, 0.3) is 0 Å². The van der Waals surface area contributed by atoms with Crippen LogP contribution in [0.1, 0.15) is 24.5 Å². The Hall–Kier alpha value is -2.59. The second-order valence-electron chi connectivity index (χ2n) is 6.40. The minimum atomic E-state index is -0.0112. The van der Waals surface area contributed by atoms with Gasteiger partial charge in [0.15, 0.2) is 0 Å². The molecule has 2 N–H and O–H groups in total. The second-order valence-corrected chi connectivity index (χ2v) is 6.40. The van der Waals surface area contributed by atoms with Crippen LogP contribution in [-0.2, 0) is 17.8 Å². The number of aromatic nitrogens is 1. The van der Waals surface area contributed by atoms with E-state index in [9.17, 15) is 9.90 Å². The number of carbonyl (C=O) groups excluding carboxylic acids is 1. The Bertz CT molecular complexity index is 826. The van der Waals surface area contributed by atoms with E-state index < -0.39 is 0 Å². The van der Waals surface area contributed by atoms with Crippen LogP contribution in [-0.4, -0.2) is 33.5 Å². The maximum atomic E-state index is 13.0. The van der Waals surface area contributed by atoms with Gasteiger partial charge in [-0.05, 0) is 30.5 Å². The molecule has 4 nitrogen and oxygen atoms in total. The molecule has 1 amide bonds. The molecule has 130 valence electrons. The minimum absolute atomic E-state index is 0.0112. The van der Waals surface area contributed by atoms with Gasteiger partial charge in [-0.1, -0.05) is 48.5 Å². The van der Waals surface area contributed by atoms with Gasteiger partial charge in [-0.25, -0.2) is 0 Å². The lowest BCUT2D eigenvalue weighted by Gasteiger charge is -2.29. The Morgan fingerprint density at radius 3 is 2.60 bits per heavy atom. The molecule has 4 heteroatoms. The van der Waals surface area contributed by atoms with Crippen LogP contribution in [0, 0.1) is 0 Å². The third-order valence-corrected chi connectivity index (χ3v) is 4.61. The van der Waals surface area contributed by atoms with E-state index in [1.54, 1.807) is 0 Å². The van der Waals surface area contributed by atoms with Gasteiger partial charge < -0.3 is 15.0 Å². The molecule has 0 aliphatic heterocycles. The first-order valence-electron chi connectivity index (χ1n) is 8.68. The summed E-state index contributed by atoms with van der Waals surface area (Å²) in [6, 6.07) is 18.0. The number of nitrogens with one attached hydrogen (secondary N) is 1. The molecule has 1 heterocycles. The van der Waals surface area contributed by atoms with Gasteiger partial charge in [-0.15, -0.1) is 0 Å². The number of hydrogen-bond donors (Lipinski definition) is 2. The Morgan fingerprint density at radius 1 is 1.12 bits per heavy atom. The largest absolute Gasteiger partial charge is 0.396 e. The van der Waals surface area contributed by atoms with Crippen molar-refractivity contribution in [2.24, 2.45) is 0 Å². The van der Waals surface area contributed by atoms with Crippen molar-refractivity contribution in [3.63, 3.8) is 0 Å². The normalized spacial score (nSPS) is 12.2. The van der Waals surface area contributed by atoms with Crippen molar-refractivity contribution in [2.45, 2.75) is 32.4 Å². The molecular weight excluding hydrogens is 312 g/mol. The molecule has 1 unspecified atom stereocenters. The van der Waals surface area contributed by atoms with Gasteiger partial charge in [0, 0.05) is 36.3 Å². The first-order valence-corrected chi connectivity index (χ1v) is 8.68. The summed E-state index contributed by atoms with van der Waals surface area (Å²) >= 11 is 0. The summed E-state index contributed by atoms with van der Waals surface area (Å²) in [5.74, 6) is 0.0783. The maximum absolute atomic E-state index is 13.0. The molecule has 1 atom stereocenters. The van der Waals surface area contributed by atoms with Gasteiger partial charge in [0.2, 0.25) is 5.91 Å². The lowest BCUT2D eigenvalue weighted by molar-refractivity contribution is -0.133. The molecule has 0 radical (unpaired) electrons. The van der Waals surface area contributed by atoms with Crippen LogP contribution in [0.25, 0.3) is 10.9 Å². The van der Waals surface area contributed by atoms with E-state index >= 15 is 0 Å². The molecule has 25 heavy (non-hydrogen) atoms. The van der Waals surface area contributed by atoms with Crippen molar-refractivity contribution in [3.05, 3.63) is 71.9 Å². The highest BCUT2D eigenvalue weighted by Gasteiger charge is 2.21. The molecule has 0 aliphatic rings. The molecule has 2 aromatic carbocycles. The highest BCUT2D eigenvalue weighted by atomic mass is 16.3. The van der Waals surface area contributed by atoms with E-state index in [0.29, 0.717) is 19.4 Å². The number of benzene rings is 2. The fourth-order valence-electron chi connectivity index (χ4n) is 3.15. The summed E-state index contributed by atoms with van der Waals surface area (Å²) in [5, 5.41) is 10.4. The fraction of sp³-hybridized carbons (Fsp3) is 0.286. The highest BCUT2D eigenvalue weighted by Crippen LogP contribution is 2.20. The molecule has 0 saturated carbocycles. The van der Waals surface area contributed by atoms with Crippen LogP contribution in [0.3, 0.4) is 0 Å². The van der Waals surface area contributed by atoms with Gasteiger partial charge in [-0.3, -0.25) is 4.79 Å². The van der Waals surface area contributed by atoms with Crippen molar-refractivity contribution in [2.75, 3.05) is 6.61 Å². The predicted octanol–water partition coefficient (Wildman–Crippen LogP) is 3.51. The lowest BCUT2D eigenvalue weighted by Crippen LogP contribution is -2.39. The molecule has 3 rings (SSSR count). The number of aliphatic hydroxyl groups excluding tert-OH is 1. The van der Waals surface area contributed by atoms with Crippen molar-refractivity contribution in [1.29, 1.82) is 0 Å². The van der Waals surface area contributed by atoms with E-state index in [-0.39, 0.29) is 18.6 Å². The topological polar surface area (TPSA) is 56.3 Å². The van der Waals surface area contributed by atoms with Crippen LogP contribution >= 0.6 is 0 Å². The fourth-order valence-corrected chi connectivity index (χ4v) is 3.15. The molecule has 0 fully saturated rings. The second kappa shape index (κ2) is 7.99. The number of amides is 1. The lowest BCUT2D eigenvalue weighted by atomic mass is 10.1. The molecule has 1 aromatic heterocycles. The average Bonchev–Trinajstić information content (AvgIpc) is 3.04. The van der Waals surface area contributed by atoms with E-state index in [2.05, 4.69) is 4.98 Å². The van der Waals surface area contributed by atoms with E-state index in [0.717, 1.165) is 22.0 Å². The molecular formula is C21H24N2O2. The molecule has 0 aliphatic carbocycles. The Morgan fingerprint density at radius 2 is 1.84 bits per heavy atom. The summed E-state index contributed by atoms with van der Waals surface area (Å²) in [6.07, 6.45) is 2.85. The summed E-state index contributed by atoms with van der Waals surface area (Å²) < 4.78 is 0. The van der Waals surface area contributed by atoms with Crippen LogP contribution in [0.2, 0.25) is 0 Å². The smallest absolute Gasteiger partial charge is 0.227 e. The summed E-state index contributed by atoms with van der Waals surface area (Å²) in [4.78, 5) is 18.1. The SMILES string of the molecule is CC(CCO)N(Cc1ccccc1)C(=O)Cc1c[nH]c2ccccc12. The number of rotatable bonds is 7. The summed E-state index contributed by atoms with van der Waals surface area (Å²) in [6.45, 7) is 2.63. The van der Waals surface area contributed by atoms with Crippen molar-refractivity contribution < 1.29 is 9.90 Å². The van der Waals surface area contributed by atoms with E-state index in [1.165, 1.54) is 0 Å². The molecule has 0 spiro atoms. The zero-order chi connectivity index (χ0) is 17.6. The first-order chi connectivity index (χ1) is 12.2. The third kappa shape index (κ3) is 4.09. The zero-order valence-corrected chi connectivity index (χ0v) is 14.5. The number of para-hydroxylation sites is 1. The number of hydrogen-bond acceptors (Lipinski definition) is 2. The number of nitrogens with zero attached hydrogens (tertiary/aromatic N) is 1. The van der Waals surface area contributed by atoms with Crippen molar-refractivity contribution in [1.82, 2.24) is 9.88 Å². The van der Waals surface area contributed by atoms with Gasteiger partial charge in [0.05, 0.1) is 6.42 Å². The quantitative estimate of drug-likeness (QED) is 0.694. The predicted molar refractivity (Wildman–Crippen MR) is 100 cm³/mol. The number of aliphatic hydroxyl groups is 1. The van der Waals surface area contributed by atoms with Crippen LogP contribution in [0.15, 0.2) is 60.8 Å². The number of fused-ring (bicyclic) bond motifs is 1. The molecule has 0 bridgehead atoms. The van der Waals surface area contributed by atoms with Crippen molar-refractivity contribution >= 4 is 16.8 Å². The Kier molecular flexibility index (Phi) is 5.51. The maximum Gasteiger partial charge on any atom is 0.227 e. The Balaban J connectivity index is 1.80. The molecule has 3 aromatic rings. The average molecular weight is 336 g/mol. The summed E-state index contributed by atoms with van der Waals surface area (Å²) in [7, 11) is 0. The van der Waals surface area contributed by atoms with E-state index in [4.69, 9.17) is 0 Å². The summed E-state index contributed by atoms with van der Waals surface area (Å²) in [5.41, 5.74) is 3.15. The molecule has 0 saturated heterocycles. The van der Waals surface area contributed by atoms with Crippen LogP contribution in [0.4, 0.5) is 0 Å². The van der Waals surface area contributed by atoms with Crippen LogP contribution < -0.4 is 0 Å². The number of aromatic amines is 1. The number of H-pyrrole nitrogens is 1. The van der Waals surface area contributed by atoms with Crippen molar-refractivity contribution in [3.8, 4) is 0 Å². The van der Waals surface area contributed by atoms with Gasteiger partial charge >= 0.3 is 0 Å².